The number of fused-ring (bicyclic) bond motifs is 4. The van der Waals surface area contributed by atoms with Gasteiger partial charge in [0, 0.05) is 41.5 Å². The van der Waals surface area contributed by atoms with Crippen LogP contribution in [0.4, 0.5) is 28.4 Å². The molecular weight excluding hydrogens is 805 g/mol. The number of aliphatic hydroxyl groups is 1. The van der Waals surface area contributed by atoms with E-state index in [1.165, 1.54) is 0 Å². The largest absolute Gasteiger partial charge is 0.482 e. The Balaban J connectivity index is 1.12. The lowest BCUT2D eigenvalue weighted by Gasteiger charge is -2.33. The molecule has 1 spiro atoms. The molecule has 62 heavy (non-hydrogen) atoms. The number of carbonyl (C=O) groups excluding carboxylic acids is 4. The summed E-state index contributed by atoms with van der Waals surface area (Å²) in [6.07, 6.45) is -0.988. The van der Waals surface area contributed by atoms with Gasteiger partial charge < -0.3 is 33.9 Å². The van der Waals surface area contributed by atoms with E-state index in [-0.39, 0.29) is 69.5 Å². The fourth-order valence-corrected chi connectivity index (χ4v) is 12.4. The summed E-state index contributed by atoms with van der Waals surface area (Å²) in [6, 6.07) is 37.0. The van der Waals surface area contributed by atoms with Crippen molar-refractivity contribution in [1.29, 1.82) is 0 Å². The normalized spacial score (nSPS) is 21.7. The lowest BCUT2D eigenvalue weighted by atomic mass is 9.82. The molecule has 4 aliphatic heterocycles. The number of para-hydroxylation sites is 4. The molecule has 9 rings (SSSR count). The third-order valence-electron chi connectivity index (χ3n) is 12.5. The number of aliphatic hydroxyl groups excluding tert-OH is 1. The smallest absolute Gasteiger partial charge is 0.269 e. The minimum Gasteiger partial charge on any atom is -0.482 e. The highest BCUT2D eigenvalue weighted by Gasteiger charge is 2.66. The Hall–Kier alpha value is -6.32. The van der Waals surface area contributed by atoms with Crippen molar-refractivity contribution >= 4 is 60.4 Å². The van der Waals surface area contributed by atoms with Gasteiger partial charge in [-0.1, -0.05) is 73.7 Å². The van der Waals surface area contributed by atoms with Crippen molar-refractivity contribution in [3.8, 4) is 11.5 Å². The first-order valence-electron chi connectivity index (χ1n) is 20.9. The van der Waals surface area contributed by atoms with Crippen LogP contribution in [0.5, 0.6) is 11.5 Å². The third-order valence-corrected chi connectivity index (χ3v) is 15.0. The van der Waals surface area contributed by atoms with Crippen LogP contribution in [0.2, 0.25) is 18.6 Å². The molecule has 4 atom stereocenters. The van der Waals surface area contributed by atoms with E-state index in [2.05, 4.69) is 0 Å². The van der Waals surface area contributed by atoms with Gasteiger partial charge in [-0.05, 0) is 78.8 Å². The van der Waals surface area contributed by atoms with Gasteiger partial charge in [-0.25, -0.2) is 0 Å². The van der Waals surface area contributed by atoms with E-state index in [9.17, 15) is 24.3 Å². The summed E-state index contributed by atoms with van der Waals surface area (Å²) in [5.74, 6) is -0.636. The van der Waals surface area contributed by atoms with E-state index in [0.717, 1.165) is 11.1 Å². The summed E-state index contributed by atoms with van der Waals surface area (Å²) in [7, 11) is -3.20. The molecule has 14 heteroatoms. The first-order chi connectivity index (χ1) is 29.9. The van der Waals surface area contributed by atoms with Gasteiger partial charge in [0.1, 0.15) is 11.5 Å². The van der Waals surface area contributed by atoms with Gasteiger partial charge in [-0.3, -0.25) is 29.0 Å². The summed E-state index contributed by atoms with van der Waals surface area (Å²) in [5, 5.41) is 10.0. The van der Waals surface area contributed by atoms with Crippen molar-refractivity contribution in [1.82, 2.24) is 4.90 Å². The number of hydrogen-bond acceptors (Lipinski definition) is 9. The lowest BCUT2D eigenvalue weighted by Crippen LogP contribution is -2.46. The molecule has 0 unspecified atom stereocenters. The Labute approximate surface area is 360 Å². The van der Waals surface area contributed by atoms with Gasteiger partial charge in [0.15, 0.2) is 27.1 Å². The van der Waals surface area contributed by atoms with Crippen molar-refractivity contribution in [3.05, 3.63) is 138 Å². The molecule has 2 N–H and O–H groups in total. The van der Waals surface area contributed by atoms with E-state index >= 15 is 4.79 Å². The van der Waals surface area contributed by atoms with Crippen LogP contribution in [0.25, 0.3) is 0 Å². The van der Waals surface area contributed by atoms with E-state index in [1.54, 1.807) is 50.9 Å². The molecule has 5 aromatic rings. The first-order valence-corrected chi connectivity index (χ1v) is 23.9. The Kier molecular flexibility index (Phi) is 10.7. The zero-order chi connectivity index (χ0) is 43.3. The van der Waals surface area contributed by atoms with Crippen LogP contribution in [-0.2, 0) is 42.6 Å². The summed E-state index contributed by atoms with van der Waals surface area (Å²) in [4.78, 5) is 75.3. The van der Waals surface area contributed by atoms with Gasteiger partial charge in [-0.15, -0.1) is 0 Å². The fourth-order valence-electron chi connectivity index (χ4n) is 9.83. The summed E-state index contributed by atoms with van der Waals surface area (Å²) in [5.41, 5.74) is 2.80. The van der Waals surface area contributed by atoms with Crippen LogP contribution in [0, 0.1) is 5.92 Å². The van der Waals surface area contributed by atoms with E-state index in [0.29, 0.717) is 45.5 Å². The fraction of sp³-hybridized carbons (Fsp3) is 0.292. The lowest BCUT2D eigenvalue weighted by molar-refractivity contribution is -0.150. The van der Waals surface area contributed by atoms with Crippen LogP contribution in [0.3, 0.4) is 0 Å². The molecule has 0 aliphatic carbocycles. The molecule has 1 fully saturated rings. The molecule has 4 amide bonds. The summed E-state index contributed by atoms with van der Waals surface area (Å²) in [6.45, 7) is 5.45. The van der Waals surface area contributed by atoms with Gasteiger partial charge in [0.2, 0.25) is 5.91 Å². The SMILES string of the molecule is C[C@@H]1[C@@H]([Si](C)(C)O)[C@H](CC(=O)N(CCO)Cc2ccccc2)O[C@@]12C(=O)N(Cc1cccc(N3C(=O)COc4ccccc43)c1)c1ccc(N3C(=O)COc4ccccc43)cc12. The van der Waals surface area contributed by atoms with Crippen molar-refractivity contribution in [3.63, 3.8) is 0 Å². The predicted octanol–water partition coefficient (Wildman–Crippen LogP) is 6.56. The second-order valence-corrected chi connectivity index (χ2v) is 20.8. The average molecular weight is 853 g/mol. The quantitative estimate of drug-likeness (QED) is 0.141. The molecule has 0 bridgehead atoms. The number of anilines is 5. The maximum absolute atomic E-state index is 15.6. The highest BCUT2D eigenvalue weighted by molar-refractivity contribution is 6.71. The summed E-state index contributed by atoms with van der Waals surface area (Å²) >= 11 is 0. The second-order valence-electron chi connectivity index (χ2n) is 16.8. The van der Waals surface area contributed by atoms with E-state index < -0.39 is 31.5 Å². The number of nitrogens with zero attached hydrogens (tertiary/aromatic N) is 4. The predicted molar refractivity (Wildman–Crippen MR) is 235 cm³/mol. The van der Waals surface area contributed by atoms with Gasteiger partial charge >= 0.3 is 0 Å². The minimum atomic E-state index is -3.20. The molecule has 318 valence electrons. The molecule has 0 radical (unpaired) electrons. The van der Waals surface area contributed by atoms with Crippen molar-refractivity contribution in [2.24, 2.45) is 5.92 Å². The molecule has 0 aromatic heterocycles. The second kappa shape index (κ2) is 16.2. The van der Waals surface area contributed by atoms with Crippen molar-refractivity contribution in [2.75, 3.05) is 41.1 Å². The number of hydrogen-bond donors (Lipinski definition) is 2. The van der Waals surface area contributed by atoms with Crippen molar-refractivity contribution < 1.29 is 43.3 Å². The van der Waals surface area contributed by atoms with Crippen LogP contribution in [0.1, 0.15) is 30.0 Å². The molecule has 4 heterocycles. The molecule has 13 nitrogen and oxygen atoms in total. The number of amides is 4. The molecule has 4 aliphatic rings. The maximum Gasteiger partial charge on any atom is 0.269 e. The summed E-state index contributed by atoms with van der Waals surface area (Å²) < 4.78 is 18.6. The van der Waals surface area contributed by atoms with Crippen LogP contribution in [-0.4, -0.2) is 79.2 Å². The van der Waals surface area contributed by atoms with Crippen molar-refractivity contribution in [2.45, 2.75) is 56.8 Å². The Morgan fingerprint density at radius 3 is 1.98 bits per heavy atom. The topological polar surface area (TPSA) is 149 Å². The van der Waals surface area contributed by atoms with E-state index in [4.69, 9.17) is 14.2 Å². The first kappa shape index (κ1) is 41.1. The minimum absolute atomic E-state index is 0.0976. The highest BCUT2D eigenvalue weighted by Crippen LogP contribution is 2.60. The standard InChI is InChI=1S/C48H48N4O9Si/c1-31-46(62(2,3)58)42(26-43(54)49(22-23-53)27-32-12-5-4-6-13-32)61-48(31)36-25-35(52-39-17-8-10-19-41(39)60-30-45(52)56)20-21-37(36)50(47(48)57)28-33-14-11-15-34(24-33)51-38-16-7-9-18-40(38)59-29-44(51)55/h4-21,24-25,31,42,46,53,58H,22-23,26-30H2,1-3H3/t31-,42+,46-,48+/m1/s1. The molecule has 5 aromatic carbocycles. The third kappa shape index (κ3) is 7.12. The van der Waals surface area contributed by atoms with Gasteiger partial charge in [0.05, 0.1) is 42.7 Å². The van der Waals surface area contributed by atoms with Crippen LogP contribution < -0.4 is 24.2 Å². The molecular formula is C48H48N4O9Si. The Morgan fingerprint density at radius 1 is 0.758 bits per heavy atom. The number of ether oxygens (including phenoxy) is 3. The number of rotatable bonds is 11. The van der Waals surface area contributed by atoms with Crippen LogP contribution >= 0.6 is 0 Å². The van der Waals surface area contributed by atoms with Gasteiger partial charge in [0.25, 0.3) is 17.7 Å². The molecule has 1 saturated heterocycles. The van der Waals surface area contributed by atoms with Gasteiger partial charge in [-0.2, -0.15) is 0 Å². The van der Waals surface area contributed by atoms with Crippen LogP contribution in [0.15, 0.2) is 121 Å². The molecule has 0 saturated carbocycles. The zero-order valence-corrected chi connectivity index (χ0v) is 35.8. The monoisotopic (exact) mass is 852 g/mol. The Morgan fingerprint density at radius 2 is 1.35 bits per heavy atom. The highest BCUT2D eigenvalue weighted by atomic mass is 28.4. The Bertz CT molecular complexity index is 2570. The maximum atomic E-state index is 15.6. The zero-order valence-electron chi connectivity index (χ0n) is 34.8. The number of carbonyl (C=O) groups is 4. The van der Waals surface area contributed by atoms with E-state index in [1.807, 2.05) is 110 Å². The average Bonchev–Trinajstić information content (AvgIpc) is 3.69. The number of benzene rings is 5.